The molecule has 0 aromatic carbocycles. The molecule has 0 radical (unpaired) electrons. The van der Waals surface area contributed by atoms with Gasteiger partial charge in [-0.05, 0) is 37.1 Å². The standard InChI is InChI=1S/C14H27N/c1-14(2)10-4-3-8-13(14)15-11-9-12-6-5-7-12/h12-13,15H,3-11H2,1-2H3. The molecule has 2 aliphatic carbocycles. The first-order valence-electron chi connectivity index (χ1n) is 6.92. The van der Waals surface area contributed by atoms with Crippen LogP contribution in [-0.4, -0.2) is 12.6 Å². The van der Waals surface area contributed by atoms with Gasteiger partial charge in [0.05, 0.1) is 0 Å². The van der Waals surface area contributed by atoms with Gasteiger partial charge in [0.2, 0.25) is 0 Å². The van der Waals surface area contributed by atoms with Crippen LogP contribution in [0.2, 0.25) is 0 Å². The average molecular weight is 209 g/mol. The molecule has 1 nitrogen and oxygen atoms in total. The van der Waals surface area contributed by atoms with E-state index in [4.69, 9.17) is 0 Å². The van der Waals surface area contributed by atoms with E-state index in [1.165, 1.54) is 57.9 Å². The van der Waals surface area contributed by atoms with E-state index in [0.717, 1.165) is 12.0 Å². The van der Waals surface area contributed by atoms with Crippen LogP contribution >= 0.6 is 0 Å². The van der Waals surface area contributed by atoms with Crippen molar-refractivity contribution in [3.63, 3.8) is 0 Å². The van der Waals surface area contributed by atoms with Crippen LogP contribution in [-0.2, 0) is 0 Å². The highest BCUT2D eigenvalue weighted by molar-refractivity contribution is 4.88. The summed E-state index contributed by atoms with van der Waals surface area (Å²) in [5, 5.41) is 3.81. The molecule has 0 heterocycles. The van der Waals surface area contributed by atoms with Crippen molar-refractivity contribution in [3.8, 4) is 0 Å². The Bertz CT molecular complexity index is 194. The van der Waals surface area contributed by atoms with E-state index in [1.807, 2.05) is 0 Å². The lowest BCUT2D eigenvalue weighted by Crippen LogP contribution is -2.44. The second-order valence-corrected chi connectivity index (χ2v) is 6.33. The van der Waals surface area contributed by atoms with Crippen molar-refractivity contribution in [1.82, 2.24) is 5.32 Å². The van der Waals surface area contributed by atoms with Crippen molar-refractivity contribution in [2.75, 3.05) is 6.54 Å². The molecule has 1 heteroatoms. The molecule has 0 aromatic heterocycles. The Hall–Kier alpha value is -0.0400. The van der Waals surface area contributed by atoms with E-state index in [-0.39, 0.29) is 0 Å². The van der Waals surface area contributed by atoms with Gasteiger partial charge in [0.1, 0.15) is 0 Å². The van der Waals surface area contributed by atoms with Crippen molar-refractivity contribution < 1.29 is 0 Å². The number of rotatable bonds is 4. The Morgan fingerprint density at radius 3 is 2.47 bits per heavy atom. The third-order valence-electron chi connectivity index (χ3n) is 4.68. The molecule has 1 atom stereocenters. The van der Waals surface area contributed by atoms with Gasteiger partial charge in [-0.1, -0.05) is 46.0 Å². The molecular weight excluding hydrogens is 182 g/mol. The lowest BCUT2D eigenvalue weighted by molar-refractivity contribution is 0.162. The Morgan fingerprint density at radius 1 is 1.07 bits per heavy atom. The predicted molar refractivity (Wildman–Crippen MR) is 66.0 cm³/mol. The third-order valence-corrected chi connectivity index (χ3v) is 4.68. The fourth-order valence-corrected chi connectivity index (χ4v) is 3.12. The summed E-state index contributed by atoms with van der Waals surface area (Å²) in [6.07, 6.45) is 11.6. The molecule has 2 saturated carbocycles. The molecule has 2 aliphatic rings. The van der Waals surface area contributed by atoms with E-state index < -0.39 is 0 Å². The maximum Gasteiger partial charge on any atom is 0.0118 e. The molecule has 0 saturated heterocycles. The van der Waals surface area contributed by atoms with Gasteiger partial charge in [0, 0.05) is 6.04 Å². The van der Waals surface area contributed by atoms with Crippen LogP contribution in [0, 0.1) is 11.3 Å². The van der Waals surface area contributed by atoms with Crippen LogP contribution in [0.1, 0.15) is 65.2 Å². The summed E-state index contributed by atoms with van der Waals surface area (Å²) in [5.41, 5.74) is 0.540. The summed E-state index contributed by atoms with van der Waals surface area (Å²) in [6, 6.07) is 0.784. The third kappa shape index (κ3) is 2.96. The SMILES string of the molecule is CC1(C)CCCCC1NCCC1CCC1. The molecule has 0 aliphatic heterocycles. The number of hydrogen-bond donors (Lipinski definition) is 1. The van der Waals surface area contributed by atoms with Gasteiger partial charge >= 0.3 is 0 Å². The van der Waals surface area contributed by atoms with Crippen LogP contribution < -0.4 is 5.32 Å². The second-order valence-electron chi connectivity index (χ2n) is 6.33. The van der Waals surface area contributed by atoms with Gasteiger partial charge < -0.3 is 5.32 Å². The number of nitrogens with one attached hydrogen (secondary N) is 1. The molecule has 0 bridgehead atoms. The molecule has 0 amide bonds. The lowest BCUT2D eigenvalue weighted by atomic mass is 9.73. The quantitative estimate of drug-likeness (QED) is 0.744. The minimum atomic E-state index is 0.540. The minimum Gasteiger partial charge on any atom is -0.313 e. The average Bonchev–Trinajstić information content (AvgIpc) is 2.11. The molecule has 1 N–H and O–H groups in total. The van der Waals surface area contributed by atoms with E-state index in [2.05, 4.69) is 19.2 Å². The molecule has 0 spiro atoms. The summed E-state index contributed by atoms with van der Waals surface area (Å²) in [5.74, 6) is 1.06. The molecule has 88 valence electrons. The maximum absolute atomic E-state index is 3.81. The van der Waals surface area contributed by atoms with Gasteiger partial charge in [-0.15, -0.1) is 0 Å². The summed E-state index contributed by atoms with van der Waals surface area (Å²) in [4.78, 5) is 0. The normalized spacial score (nSPS) is 31.2. The molecule has 2 fully saturated rings. The topological polar surface area (TPSA) is 12.0 Å². The Labute approximate surface area is 95.0 Å². The van der Waals surface area contributed by atoms with Gasteiger partial charge in [0.15, 0.2) is 0 Å². The highest BCUT2D eigenvalue weighted by Crippen LogP contribution is 2.35. The maximum atomic E-state index is 3.81. The summed E-state index contributed by atoms with van der Waals surface area (Å²) >= 11 is 0. The van der Waals surface area contributed by atoms with E-state index in [9.17, 15) is 0 Å². The van der Waals surface area contributed by atoms with Crippen LogP contribution in [0.15, 0.2) is 0 Å². The Balaban J connectivity index is 1.67. The molecule has 2 rings (SSSR count). The number of hydrogen-bond acceptors (Lipinski definition) is 1. The zero-order chi connectivity index (χ0) is 10.7. The highest BCUT2D eigenvalue weighted by Gasteiger charge is 2.31. The molecule has 1 unspecified atom stereocenters. The zero-order valence-corrected chi connectivity index (χ0v) is 10.5. The lowest BCUT2D eigenvalue weighted by Gasteiger charge is -2.39. The van der Waals surface area contributed by atoms with Crippen molar-refractivity contribution in [1.29, 1.82) is 0 Å². The van der Waals surface area contributed by atoms with Gasteiger partial charge in [0.25, 0.3) is 0 Å². The Kier molecular flexibility index (Phi) is 3.71. The smallest absolute Gasteiger partial charge is 0.0118 e. The van der Waals surface area contributed by atoms with Crippen LogP contribution in [0.4, 0.5) is 0 Å². The van der Waals surface area contributed by atoms with Crippen LogP contribution in [0.3, 0.4) is 0 Å². The summed E-state index contributed by atoms with van der Waals surface area (Å²) in [7, 11) is 0. The first kappa shape index (κ1) is 11.4. The van der Waals surface area contributed by atoms with Crippen molar-refractivity contribution in [3.05, 3.63) is 0 Å². The zero-order valence-electron chi connectivity index (χ0n) is 10.5. The van der Waals surface area contributed by atoms with Crippen LogP contribution in [0.5, 0.6) is 0 Å². The molecule has 15 heavy (non-hydrogen) atoms. The highest BCUT2D eigenvalue weighted by atomic mass is 14.9. The molecule has 0 aromatic rings. The van der Waals surface area contributed by atoms with Gasteiger partial charge in [-0.25, -0.2) is 0 Å². The van der Waals surface area contributed by atoms with Gasteiger partial charge in [-0.2, -0.15) is 0 Å². The van der Waals surface area contributed by atoms with Gasteiger partial charge in [-0.3, -0.25) is 0 Å². The summed E-state index contributed by atoms with van der Waals surface area (Å²) < 4.78 is 0. The van der Waals surface area contributed by atoms with E-state index in [1.54, 1.807) is 0 Å². The second kappa shape index (κ2) is 4.86. The predicted octanol–water partition coefficient (Wildman–Crippen LogP) is 3.74. The monoisotopic (exact) mass is 209 g/mol. The van der Waals surface area contributed by atoms with Crippen molar-refractivity contribution in [2.45, 2.75) is 71.3 Å². The van der Waals surface area contributed by atoms with Crippen molar-refractivity contribution >= 4 is 0 Å². The minimum absolute atomic E-state index is 0.540. The Morgan fingerprint density at radius 2 is 1.87 bits per heavy atom. The summed E-state index contributed by atoms with van der Waals surface area (Å²) in [6.45, 7) is 6.14. The van der Waals surface area contributed by atoms with Crippen molar-refractivity contribution in [2.24, 2.45) is 11.3 Å². The van der Waals surface area contributed by atoms with E-state index >= 15 is 0 Å². The fourth-order valence-electron chi connectivity index (χ4n) is 3.12. The first-order chi connectivity index (χ1) is 7.18. The molecular formula is C14H27N. The van der Waals surface area contributed by atoms with Crippen LogP contribution in [0.25, 0.3) is 0 Å². The fraction of sp³-hybridized carbons (Fsp3) is 1.00. The van der Waals surface area contributed by atoms with E-state index in [0.29, 0.717) is 5.41 Å². The largest absolute Gasteiger partial charge is 0.313 e. The first-order valence-corrected chi connectivity index (χ1v) is 6.92.